The Morgan fingerprint density at radius 2 is 1.65 bits per heavy atom. The number of hydrogen-bond donors (Lipinski definition) is 0. The number of nitrogens with zero attached hydrogens (tertiary/aromatic N) is 1. The van der Waals surface area contributed by atoms with E-state index < -0.39 is 11.7 Å². The van der Waals surface area contributed by atoms with Gasteiger partial charge in [0.1, 0.15) is 5.75 Å². The maximum absolute atomic E-state index is 12.7. The summed E-state index contributed by atoms with van der Waals surface area (Å²) in [4.78, 5) is 2.66. The minimum atomic E-state index is -4.32. The minimum absolute atomic E-state index is 0.405. The molecule has 168 valence electrons. The van der Waals surface area contributed by atoms with E-state index in [9.17, 15) is 13.2 Å². The molecule has 2 unspecified atom stereocenters. The van der Waals surface area contributed by atoms with Gasteiger partial charge in [-0.1, -0.05) is 36.6 Å². The maximum Gasteiger partial charge on any atom is 0.416 e. The SMILES string of the molecule is FC(F)(F)c1ccc(OCCC2CCCCN2C(c2ccc(Cl)cc2)C2CCC2)cc1. The number of halogens is 4. The molecular formula is C25H29ClF3NO. The molecule has 2 aliphatic rings. The number of rotatable bonds is 7. The predicted molar refractivity (Wildman–Crippen MR) is 117 cm³/mol. The summed E-state index contributed by atoms with van der Waals surface area (Å²) in [7, 11) is 0. The van der Waals surface area contributed by atoms with Gasteiger partial charge in [0, 0.05) is 17.1 Å². The lowest BCUT2D eigenvalue weighted by Crippen LogP contribution is -2.46. The summed E-state index contributed by atoms with van der Waals surface area (Å²) in [6.07, 6.45) is 3.91. The van der Waals surface area contributed by atoms with Gasteiger partial charge < -0.3 is 4.74 Å². The molecule has 2 atom stereocenters. The first kappa shape index (κ1) is 22.5. The van der Waals surface area contributed by atoms with Crippen molar-refractivity contribution in [3.05, 3.63) is 64.7 Å². The van der Waals surface area contributed by atoms with Crippen LogP contribution in [0.5, 0.6) is 5.75 Å². The zero-order valence-electron chi connectivity index (χ0n) is 17.6. The Morgan fingerprint density at radius 1 is 0.935 bits per heavy atom. The van der Waals surface area contributed by atoms with Crippen LogP contribution in [0.25, 0.3) is 0 Å². The maximum atomic E-state index is 12.7. The molecule has 4 rings (SSSR count). The number of ether oxygens (including phenoxy) is 1. The van der Waals surface area contributed by atoms with Crippen molar-refractivity contribution in [1.82, 2.24) is 4.90 Å². The van der Waals surface area contributed by atoms with Gasteiger partial charge in [-0.2, -0.15) is 13.2 Å². The molecule has 1 saturated heterocycles. The molecule has 0 N–H and O–H groups in total. The fourth-order valence-corrected chi connectivity index (χ4v) is 5.03. The van der Waals surface area contributed by atoms with Crippen LogP contribution in [0, 0.1) is 5.92 Å². The number of alkyl halides is 3. The third-order valence-corrected chi connectivity index (χ3v) is 6.99. The van der Waals surface area contributed by atoms with E-state index in [1.54, 1.807) is 0 Å². The summed E-state index contributed by atoms with van der Waals surface area (Å²) >= 11 is 6.13. The Hall–Kier alpha value is -1.72. The van der Waals surface area contributed by atoms with Crippen LogP contribution in [-0.4, -0.2) is 24.1 Å². The molecule has 2 aromatic rings. The van der Waals surface area contributed by atoms with E-state index in [-0.39, 0.29) is 0 Å². The van der Waals surface area contributed by atoms with Crippen molar-refractivity contribution in [2.24, 2.45) is 5.92 Å². The zero-order chi connectivity index (χ0) is 21.8. The molecule has 2 nitrogen and oxygen atoms in total. The molecule has 0 spiro atoms. The van der Waals surface area contributed by atoms with Crippen molar-refractivity contribution in [3.8, 4) is 5.75 Å². The monoisotopic (exact) mass is 451 g/mol. The fraction of sp³-hybridized carbons (Fsp3) is 0.520. The lowest BCUT2D eigenvalue weighted by atomic mass is 9.75. The molecule has 1 aliphatic heterocycles. The standard InChI is InChI=1S/C25H29ClF3NO/c26-21-11-7-19(8-12-21)24(18-4-3-5-18)30-16-2-1-6-22(30)15-17-31-23-13-9-20(10-14-23)25(27,28)29/h7-14,18,22,24H,1-6,15-17H2. The van der Waals surface area contributed by atoms with Gasteiger partial charge in [-0.3, -0.25) is 4.90 Å². The van der Waals surface area contributed by atoms with Crippen molar-refractivity contribution in [2.75, 3.05) is 13.2 Å². The highest BCUT2D eigenvalue weighted by Gasteiger charge is 2.37. The van der Waals surface area contributed by atoms with Crippen molar-refractivity contribution in [3.63, 3.8) is 0 Å². The summed E-state index contributed by atoms with van der Waals surface area (Å²) in [5.74, 6) is 1.17. The highest BCUT2D eigenvalue weighted by Crippen LogP contribution is 2.44. The summed E-state index contributed by atoms with van der Waals surface area (Å²) in [6.45, 7) is 1.58. The van der Waals surface area contributed by atoms with E-state index in [4.69, 9.17) is 16.3 Å². The largest absolute Gasteiger partial charge is 0.494 e. The van der Waals surface area contributed by atoms with E-state index >= 15 is 0 Å². The second kappa shape index (κ2) is 9.83. The highest BCUT2D eigenvalue weighted by atomic mass is 35.5. The lowest BCUT2D eigenvalue weighted by Gasteiger charge is -2.47. The normalized spacial score (nSPS) is 21.5. The molecule has 2 fully saturated rings. The Balaban J connectivity index is 1.41. The Kier molecular flexibility index (Phi) is 7.12. The molecule has 1 heterocycles. The summed E-state index contributed by atoms with van der Waals surface area (Å²) in [5, 5.41) is 0.760. The van der Waals surface area contributed by atoms with Gasteiger partial charge in [-0.15, -0.1) is 0 Å². The van der Waals surface area contributed by atoms with Gasteiger partial charge in [0.2, 0.25) is 0 Å². The van der Waals surface area contributed by atoms with Crippen LogP contribution in [0.15, 0.2) is 48.5 Å². The molecule has 2 aromatic carbocycles. The average molecular weight is 452 g/mol. The van der Waals surface area contributed by atoms with Crippen molar-refractivity contribution in [1.29, 1.82) is 0 Å². The summed E-state index contributed by atoms with van der Waals surface area (Å²) < 4.78 is 44.0. The molecule has 0 radical (unpaired) electrons. The number of piperidine rings is 1. The quantitative estimate of drug-likeness (QED) is 0.431. The Labute approximate surface area is 187 Å². The first-order chi connectivity index (χ1) is 14.9. The first-order valence-electron chi connectivity index (χ1n) is 11.2. The first-order valence-corrected chi connectivity index (χ1v) is 11.6. The lowest BCUT2D eigenvalue weighted by molar-refractivity contribution is -0.137. The second-order valence-electron chi connectivity index (χ2n) is 8.73. The predicted octanol–water partition coefficient (Wildman–Crippen LogP) is 7.52. The molecule has 1 aliphatic carbocycles. The van der Waals surface area contributed by atoms with E-state index in [2.05, 4.69) is 17.0 Å². The van der Waals surface area contributed by atoms with Gasteiger partial charge in [0.25, 0.3) is 0 Å². The Morgan fingerprint density at radius 3 is 2.26 bits per heavy atom. The highest BCUT2D eigenvalue weighted by molar-refractivity contribution is 6.30. The third-order valence-electron chi connectivity index (χ3n) is 6.74. The molecular weight excluding hydrogens is 423 g/mol. The van der Waals surface area contributed by atoms with Crippen LogP contribution in [0.4, 0.5) is 13.2 Å². The molecule has 6 heteroatoms. The van der Waals surface area contributed by atoms with Crippen LogP contribution in [-0.2, 0) is 6.18 Å². The van der Waals surface area contributed by atoms with Gasteiger partial charge in [-0.25, -0.2) is 0 Å². The van der Waals surface area contributed by atoms with E-state index in [0.717, 1.165) is 36.5 Å². The van der Waals surface area contributed by atoms with Gasteiger partial charge in [0.05, 0.1) is 12.2 Å². The third kappa shape index (κ3) is 5.56. The van der Waals surface area contributed by atoms with Crippen LogP contribution in [0.1, 0.15) is 62.1 Å². The second-order valence-corrected chi connectivity index (χ2v) is 9.17. The number of likely N-dealkylation sites (tertiary alicyclic amines) is 1. The van der Waals surface area contributed by atoms with Crippen molar-refractivity contribution < 1.29 is 17.9 Å². The molecule has 0 amide bonds. The van der Waals surface area contributed by atoms with Crippen LogP contribution in [0.3, 0.4) is 0 Å². The smallest absolute Gasteiger partial charge is 0.416 e. The van der Waals surface area contributed by atoms with Crippen LogP contribution in [0.2, 0.25) is 5.02 Å². The Bertz CT molecular complexity index is 833. The van der Waals surface area contributed by atoms with Gasteiger partial charge in [-0.05, 0) is 86.5 Å². The summed E-state index contributed by atoms with van der Waals surface area (Å²) in [5.41, 5.74) is 0.689. The number of benzene rings is 2. The van der Waals surface area contributed by atoms with E-state index in [1.807, 2.05) is 12.1 Å². The van der Waals surface area contributed by atoms with Gasteiger partial charge in [0.15, 0.2) is 0 Å². The van der Waals surface area contributed by atoms with Crippen molar-refractivity contribution in [2.45, 2.75) is 63.2 Å². The molecule has 1 saturated carbocycles. The van der Waals surface area contributed by atoms with Crippen LogP contribution >= 0.6 is 11.6 Å². The average Bonchev–Trinajstić information content (AvgIpc) is 2.72. The molecule has 0 aromatic heterocycles. The number of hydrogen-bond acceptors (Lipinski definition) is 2. The van der Waals surface area contributed by atoms with E-state index in [0.29, 0.717) is 30.4 Å². The zero-order valence-corrected chi connectivity index (χ0v) is 18.3. The summed E-state index contributed by atoms with van der Waals surface area (Å²) in [6, 6.07) is 14.1. The minimum Gasteiger partial charge on any atom is -0.494 e. The van der Waals surface area contributed by atoms with Crippen molar-refractivity contribution >= 4 is 11.6 Å². The fourth-order valence-electron chi connectivity index (χ4n) is 4.90. The van der Waals surface area contributed by atoms with E-state index in [1.165, 1.54) is 49.8 Å². The van der Waals surface area contributed by atoms with Gasteiger partial charge >= 0.3 is 6.18 Å². The molecule has 0 bridgehead atoms. The molecule has 31 heavy (non-hydrogen) atoms. The van der Waals surface area contributed by atoms with Crippen LogP contribution < -0.4 is 4.74 Å². The topological polar surface area (TPSA) is 12.5 Å².